The average Bonchev–Trinajstić information content (AvgIpc) is 1.43. The van der Waals surface area contributed by atoms with Crippen molar-refractivity contribution in [2.45, 2.75) is 0 Å². The molecule has 0 saturated heterocycles. The molecule has 0 unspecified atom stereocenters. The van der Waals surface area contributed by atoms with Gasteiger partial charge >= 0.3 is 325 Å². The van der Waals surface area contributed by atoms with Crippen molar-refractivity contribution in [1.82, 2.24) is 0 Å². The minimum absolute atomic E-state index is 0. The Morgan fingerprint density at radius 1 is 0.524 bits per heavy atom. The van der Waals surface area contributed by atoms with Crippen molar-refractivity contribution >= 4 is 325 Å². The molecule has 0 aromatic carbocycles. The third-order valence-electron chi connectivity index (χ3n) is 0.419. The number of hydrogen-bond acceptors (Lipinski definition) is 5. The zero-order valence-electron chi connectivity index (χ0n) is 27.3. The Morgan fingerprint density at radius 2 is 0.667 bits per heavy atom. The molecule has 0 spiro atoms. The average molecular weight is 595 g/mol. The van der Waals surface area contributed by atoms with Crippen molar-refractivity contribution in [3.05, 3.63) is 0 Å². The second-order valence-electron chi connectivity index (χ2n) is 1.61. The minimum Gasteiger partial charge on any atom is -1.00 e. The van der Waals surface area contributed by atoms with Crippen LogP contribution in [0.15, 0.2) is 0 Å². The second-order valence-corrected chi connectivity index (χ2v) is 5.82. The monoisotopic (exact) mass is 594 g/mol. The van der Waals surface area contributed by atoms with Crippen LogP contribution in [0.1, 0.15) is 22.8 Å². The summed E-state index contributed by atoms with van der Waals surface area (Å²) in [6.45, 7) is 0. The quantitative estimate of drug-likeness (QED) is 0.182. The summed E-state index contributed by atoms with van der Waals surface area (Å²) in [5.41, 5.74) is 0. The van der Waals surface area contributed by atoms with Gasteiger partial charge in [0, 0.05) is 0 Å². The molecule has 10 nitrogen and oxygen atoms in total. The molecular formula is H21Ca8O10P3. The molecule has 0 aliphatic heterocycles. The molecule has 0 aromatic heterocycles. The van der Waals surface area contributed by atoms with E-state index in [-0.39, 0.29) is 325 Å². The first-order valence-electron chi connectivity index (χ1n) is 2.28. The van der Waals surface area contributed by atoms with E-state index in [1.807, 2.05) is 0 Å². The number of hydrogen-bond donors (Lipinski definition) is 5. The van der Waals surface area contributed by atoms with Gasteiger partial charge in [-0.15, -0.1) is 0 Å². The van der Waals surface area contributed by atoms with E-state index in [4.69, 9.17) is 24.5 Å². The molecule has 0 radical (unpaired) electrons. The van der Waals surface area contributed by atoms with E-state index in [1.165, 1.54) is 0 Å². The molecule has 0 aliphatic carbocycles. The maximum absolute atomic E-state index is 10.4. The van der Waals surface area contributed by atoms with Crippen LogP contribution >= 0.6 is 23.5 Å². The Morgan fingerprint density at radius 3 is 0.762 bits per heavy atom. The summed E-state index contributed by atoms with van der Waals surface area (Å²) < 4.78 is 36.4. The SMILES string of the molecule is O=P(O)(O)OP(=O)(O)OP(=O)(O)O.[Ca+2].[Ca+2].[Ca+2].[Ca+2].[Ca+2].[Ca+2].[Ca+2].[Ca+2].[H-].[H-].[H-].[H-].[H-].[H-].[H-].[H-].[H-].[H-].[H-].[H-].[H-].[H-].[H-].[H-]. The fourth-order valence-electron chi connectivity index (χ4n) is 0.284. The third kappa shape index (κ3) is 48.9. The Labute approximate surface area is 384 Å². The Kier molecular flexibility index (Phi) is 78.6. The van der Waals surface area contributed by atoms with E-state index in [2.05, 4.69) is 8.62 Å². The van der Waals surface area contributed by atoms with Crippen LogP contribution in [0.2, 0.25) is 0 Å². The van der Waals surface area contributed by atoms with Gasteiger partial charge < -0.3 is 47.3 Å². The van der Waals surface area contributed by atoms with Crippen LogP contribution in [0.5, 0.6) is 0 Å². The van der Waals surface area contributed by atoms with Crippen molar-refractivity contribution < 1.29 is 69.6 Å². The Bertz CT molecular complexity index is 329. The Hall–Kier alpha value is 10.5. The van der Waals surface area contributed by atoms with Gasteiger partial charge in [-0.25, -0.2) is 13.7 Å². The maximum atomic E-state index is 10.4. The summed E-state index contributed by atoms with van der Waals surface area (Å²) in [6.07, 6.45) is 0. The van der Waals surface area contributed by atoms with Crippen molar-refractivity contribution in [2.24, 2.45) is 0 Å². The molecule has 112 valence electrons. The smallest absolute Gasteiger partial charge is 1.00 e. The molecule has 5 N–H and O–H groups in total. The zero-order chi connectivity index (χ0) is 10.9. The van der Waals surface area contributed by atoms with E-state index in [0.29, 0.717) is 0 Å². The van der Waals surface area contributed by atoms with Crippen molar-refractivity contribution in [1.29, 1.82) is 0 Å². The normalized spacial score (nSPS) is 9.00. The minimum atomic E-state index is -5.46. The molecule has 0 amide bonds. The van der Waals surface area contributed by atoms with Gasteiger partial charge in [-0.3, -0.25) is 0 Å². The van der Waals surface area contributed by atoms with Gasteiger partial charge in [0.15, 0.2) is 0 Å². The van der Waals surface area contributed by atoms with Gasteiger partial charge in [0.25, 0.3) is 0 Å². The Balaban J connectivity index is -0.00000000261. The first-order valence-corrected chi connectivity index (χ1v) is 6.83. The molecule has 21 heteroatoms. The van der Waals surface area contributed by atoms with Crippen molar-refractivity contribution in [2.75, 3.05) is 0 Å². The summed E-state index contributed by atoms with van der Waals surface area (Å²) in [6, 6.07) is 0. The molecule has 0 aliphatic rings. The first-order chi connectivity index (χ1) is 5.41. The molecule has 0 atom stereocenters. The fraction of sp³-hybridized carbons (Fsp3) is 0. The van der Waals surface area contributed by atoms with Crippen LogP contribution in [0.4, 0.5) is 0 Å². The summed E-state index contributed by atoms with van der Waals surface area (Å²) >= 11 is 0. The third-order valence-corrected chi connectivity index (χ3v) is 3.77. The maximum Gasteiger partial charge on any atom is 2.00 e. The first kappa shape index (κ1) is 57.9. The number of phosphoric acid groups is 3. The van der Waals surface area contributed by atoms with Gasteiger partial charge in [-0.1, -0.05) is 0 Å². The van der Waals surface area contributed by atoms with Gasteiger partial charge in [-0.05, 0) is 0 Å². The topological polar surface area (TPSA) is 171 Å². The molecule has 0 fully saturated rings. The molecule has 0 heterocycles. The van der Waals surface area contributed by atoms with E-state index in [1.54, 1.807) is 0 Å². The number of rotatable bonds is 4. The molecule has 0 aromatic rings. The van der Waals surface area contributed by atoms with Gasteiger partial charge in [0.2, 0.25) is 0 Å². The van der Waals surface area contributed by atoms with E-state index < -0.39 is 23.5 Å². The summed E-state index contributed by atoms with van der Waals surface area (Å²) in [7, 11) is -16.2. The van der Waals surface area contributed by atoms with Crippen molar-refractivity contribution in [3.63, 3.8) is 0 Å². The molecule has 0 bridgehead atoms. The van der Waals surface area contributed by atoms with E-state index >= 15 is 0 Å². The molecule has 0 rings (SSSR count). The second kappa shape index (κ2) is 28.5. The summed E-state index contributed by atoms with van der Waals surface area (Å²) in [4.78, 5) is 40.2. The van der Waals surface area contributed by atoms with Gasteiger partial charge in [0.1, 0.15) is 0 Å². The predicted octanol–water partition coefficient (Wildman–Crippen LogP) is -1.94. The summed E-state index contributed by atoms with van der Waals surface area (Å²) in [5.74, 6) is 0. The summed E-state index contributed by atoms with van der Waals surface area (Å²) in [5, 5.41) is 0. The van der Waals surface area contributed by atoms with E-state index in [9.17, 15) is 13.7 Å². The zero-order valence-corrected chi connectivity index (χ0v) is 31.6. The van der Waals surface area contributed by atoms with E-state index in [0.717, 1.165) is 0 Å². The standard InChI is InChI=1S/8Ca.H5O10P3.16H/c;;;;;;;;1-11(2,3)9-13(7,8)10-12(4,5)6;;;;;;;;;;;;;;;;/h;;;;;;;;(H,7,8)(H2,1,2,3)(H2,4,5,6);;;;;;;;;;;;;;;;/q8*+2;;16*-1. The van der Waals surface area contributed by atoms with Crippen molar-refractivity contribution in [3.8, 4) is 0 Å². The van der Waals surface area contributed by atoms with Crippen LogP contribution in [-0.2, 0) is 22.3 Å². The largest absolute Gasteiger partial charge is 2.00 e. The molecular weight excluding hydrogens is 574 g/mol. The van der Waals surface area contributed by atoms with Crippen LogP contribution < -0.4 is 0 Å². The van der Waals surface area contributed by atoms with Gasteiger partial charge in [0.05, 0.1) is 0 Å². The van der Waals surface area contributed by atoms with Crippen LogP contribution in [0.25, 0.3) is 0 Å². The fourth-order valence-corrected chi connectivity index (χ4v) is 2.82. The van der Waals surface area contributed by atoms with Crippen LogP contribution in [0, 0.1) is 0 Å². The predicted molar refractivity (Wildman–Crippen MR) is 99.9 cm³/mol. The molecule has 0 saturated carbocycles. The van der Waals surface area contributed by atoms with Crippen LogP contribution in [-0.4, -0.2) is 326 Å². The van der Waals surface area contributed by atoms with Crippen LogP contribution in [0.3, 0.4) is 0 Å². The van der Waals surface area contributed by atoms with Gasteiger partial charge in [-0.2, -0.15) is 8.62 Å². The molecule has 21 heavy (non-hydrogen) atoms.